The number of morpholine rings is 1. The van der Waals surface area contributed by atoms with E-state index >= 15 is 0 Å². The van der Waals surface area contributed by atoms with E-state index in [2.05, 4.69) is 16.7 Å². The van der Waals surface area contributed by atoms with Gasteiger partial charge in [-0.25, -0.2) is 0 Å². The predicted molar refractivity (Wildman–Crippen MR) is 62.0 cm³/mol. The molecule has 2 rings (SSSR count). The zero-order valence-corrected chi connectivity index (χ0v) is 10.0. The zero-order valence-electron chi connectivity index (χ0n) is 10.0. The van der Waals surface area contributed by atoms with Gasteiger partial charge in [0.05, 0.1) is 19.3 Å². The van der Waals surface area contributed by atoms with Crippen molar-refractivity contribution in [1.29, 1.82) is 0 Å². The van der Waals surface area contributed by atoms with E-state index in [1.54, 1.807) is 0 Å². The minimum Gasteiger partial charge on any atom is -0.378 e. The van der Waals surface area contributed by atoms with Crippen LogP contribution in [0.2, 0.25) is 0 Å². The molecule has 0 saturated carbocycles. The minimum absolute atomic E-state index is 0.0226. The van der Waals surface area contributed by atoms with Crippen LogP contribution in [0.1, 0.15) is 26.7 Å². The fourth-order valence-electron chi connectivity index (χ4n) is 2.30. The summed E-state index contributed by atoms with van der Waals surface area (Å²) < 4.78 is 5.44. The Hall–Kier alpha value is -0.850. The maximum absolute atomic E-state index is 11.4. The summed E-state index contributed by atoms with van der Waals surface area (Å²) in [5.74, 6) is 5.99. The highest BCUT2D eigenvalue weighted by Crippen LogP contribution is 2.25. The van der Waals surface area contributed by atoms with Crippen molar-refractivity contribution in [3.05, 3.63) is 0 Å². The van der Waals surface area contributed by atoms with Crippen LogP contribution >= 0.6 is 0 Å². The summed E-state index contributed by atoms with van der Waals surface area (Å²) in [6, 6.07) is 0.804. The van der Waals surface area contributed by atoms with Crippen LogP contribution in [0.15, 0.2) is 0 Å². The van der Waals surface area contributed by atoms with Crippen molar-refractivity contribution in [2.24, 2.45) is 5.92 Å². The molecule has 0 radical (unpaired) electrons. The lowest BCUT2D eigenvalue weighted by molar-refractivity contribution is -0.116. The molecule has 0 aromatic heterocycles. The molecule has 0 bridgehead atoms. The third-order valence-corrected chi connectivity index (χ3v) is 3.33. The monoisotopic (exact) mass is 221 g/mol. The number of nitrogens with zero attached hydrogens (tertiary/aromatic N) is 1. The smallest absolute Gasteiger partial charge is 0.208 e. The van der Waals surface area contributed by atoms with E-state index in [1.165, 1.54) is 0 Å². The molecule has 2 saturated heterocycles. The van der Waals surface area contributed by atoms with Crippen LogP contribution in [-0.4, -0.2) is 42.5 Å². The average molecular weight is 221 g/mol. The number of carbonyl (C=O) groups excluding carboxylic acids is 1. The largest absolute Gasteiger partial charge is 0.378 e. The van der Waals surface area contributed by atoms with Crippen LogP contribution in [-0.2, 0) is 9.53 Å². The summed E-state index contributed by atoms with van der Waals surface area (Å²) in [6.45, 7) is 6.37. The molecule has 2 fully saturated rings. The Morgan fingerprint density at radius 1 is 1.44 bits per heavy atom. The highest BCUT2D eigenvalue weighted by molar-refractivity contribution is 5.96. The van der Waals surface area contributed by atoms with Gasteiger partial charge in [-0.2, -0.15) is 0 Å². The molecule has 0 aromatic carbocycles. The van der Waals surface area contributed by atoms with Gasteiger partial charge >= 0.3 is 0 Å². The molecule has 2 heterocycles. The first kappa shape index (κ1) is 11.6. The number of carbonyl (C=O) groups is 1. The minimum atomic E-state index is 0.0226. The van der Waals surface area contributed by atoms with Crippen LogP contribution in [0, 0.1) is 17.8 Å². The molecule has 2 unspecified atom stereocenters. The Morgan fingerprint density at radius 3 is 3.00 bits per heavy atom. The van der Waals surface area contributed by atoms with Gasteiger partial charge in [-0.1, -0.05) is 19.8 Å². The molecule has 88 valence electrons. The second-order valence-corrected chi connectivity index (χ2v) is 4.85. The number of fused-ring (bicyclic) bond motifs is 1. The van der Waals surface area contributed by atoms with Gasteiger partial charge in [0.1, 0.15) is 0 Å². The van der Waals surface area contributed by atoms with E-state index in [4.69, 9.17) is 4.74 Å². The van der Waals surface area contributed by atoms with Crippen LogP contribution in [0.4, 0.5) is 0 Å². The van der Waals surface area contributed by atoms with Crippen LogP contribution in [0.5, 0.6) is 0 Å². The summed E-state index contributed by atoms with van der Waals surface area (Å²) in [6.07, 6.45) is 2.22. The first-order chi connectivity index (χ1) is 7.68. The number of Topliss-reactive ketones (excluding diaryl/α,β-unsaturated/α-hetero) is 1. The lowest BCUT2D eigenvalue weighted by atomic mass is 10.1. The number of ether oxygens (including phenoxy) is 1. The molecular formula is C13H19NO2. The van der Waals surface area contributed by atoms with Crippen molar-refractivity contribution in [1.82, 2.24) is 4.90 Å². The molecule has 3 heteroatoms. The van der Waals surface area contributed by atoms with Crippen molar-refractivity contribution in [3.63, 3.8) is 0 Å². The molecule has 0 aromatic rings. The predicted octanol–water partition coefficient (Wildman–Crippen LogP) is 1.08. The standard InChI is InChI=1S/C13H19NO2/c1-10(2)13(15)6-5-11-3-4-12-9-16-8-7-14(11)12/h10-12H,3-4,7-9H2,1-2H3. The van der Waals surface area contributed by atoms with Crippen LogP contribution in [0.25, 0.3) is 0 Å². The summed E-state index contributed by atoms with van der Waals surface area (Å²) >= 11 is 0. The molecule has 0 N–H and O–H groups in total. The van der Waals surface area contributed by atoms with Gasteiger partial charge in [0.2, 0.25) is 5.78 Å². The maximum atomic E-state index is 11.4. The van der Waals surface area contributed by atoms with Crippen LogP contribution in [0.3, 0.4) is 0 Å². The fourth-order valence-corrected chi connectivity index (χ4v) is 2.30. The lowest BCUT2D eigenvalue weighted by Gasteiger charge is -2.31. The first-order valence-corrected chi connectivity index (χ1v) is 6.07. The molecular weight excluding hydrogens is 202 g/mol. The quantitative estimate of drug-likeness (QED) is 0.490. The third-order valence-electron chi connectivity index (χ3n) is 3.33. The Morgan fingerprint density at radius 2 is 2.25 bits per heavy atom. The van der Waals surface area contributed by atoms with Crippen molar-refractivity contribution in [2.75, 3.05) is 19.8 Å². The number of ketones is 1. The number of rotatable bonds is 1. The summed E-state index contributed by atoms with van der Waals surface area (Å²) in [4.78, 5) is 13.8. The SMILES string of the molecule is CC(C)C(=O)C#CC1CCC2COCCN12. The molecule has 0 spiro atoms. The van der Waals surface area contributed by atoms with Crippen molar-refractivity contribution < 1.29 is 9.53 Å². The van der Waals surface area contributed by atoms with Gasteiger partial charge < -0.3 is 4.74 Å². The summed E-state index contributed by atoms with van der Waals surface area (Å²) in [5.41, 5.74) is 0. The Bertz CT molecular complexity index is 327. The van der Waals surface area contributed by atoms with E-state index in [0.717, 1.165) is 32.6 Å². The topological polar surface area (TPSA) is 29.5 Å². The second kappa shape index (κ2) is 4.99. The maximum Gasteiger partial charge on any atom is 0.208 e. The first-order valence-electron chi connectivity index (χ1n) is 6.07. The van der Waals surface area contributed by atoms with Gasteiger partial charge in [0.25, 0.3) is 0 Å². The number of hydrogen-bond acceptors (Lipinski definition) is 3. The molecule has 16 heavy (non-hydrogen) atoms. The lowest BCUT2D eigenvalue weighted by Crippen LogP contribution is -2.44. The Balaban J connectivity index is 1.98. The molecule has 2 atom stereocenters. The highest BCUT2D eigenvalue weighted by Gasteiger charge is 2.34. The zero-order chi connectivity index (χ0) is 11.5. The van der Waals surface area contributed by atoms with Crippen LogP contribution < -0.4 is 0 Å². The third kappa shape index (κ3) is 2.45. The Labute approximate surface area is 97.1 Å². The normalized spacial score (nSPS) is 29.7. The molecule has 2 aliphatic rings. The van der Waals surface area contributed by atoms with Crippen molar-refractivity contribution in [2.45, 2.75) is 38.8 Å². The summed E-state index contributed by atoms with van der Waals surface area (Å²) in [7, 11) is 0. The van der Waals surface area contributed by atoms with Gasteiger partial charge in [-0.3, -0.25) is 9.69 Å². The number of hydrogen-bond donors (Lipinski definition) is 0. The molecule has 3 nitrogen and oxygen atoms in total. The molecule has 0 amide bonds. The Kier molecular flexibility index (Phi) is 3.63. The van der Waals surface area contributed by atoms with E-state index in [-0.39, 0.29) is 17.7 Å². The fraction of sp³-hybridized carbons (Fsp3) is 0.769. The van der Waals surface area contributed by atoms with E-state index in [9.17, 15) is 4.79 Å². The van der Waals surface area contributed by atoms with Gasteiger partial charge in [-0.15, -0.1) is 0 Å². The van der Waals surface area contributed by atoms with Crippen molar-refractivity contribution >= 4 is 5.78 Å². The molecule has 2 aliphatic heterocycles. The van der Waals surface area contributed by atoms with Gasteiger partial charge in [-0.05, 0) is 18.8 Å². The average Bonchev–Trinajstić information content (AvgIpc) is 2.69. The van der Waals surface area contributed by atoms with E-state index in [0.29, 0.717) is 6.04 Å². The van der Waals surface area contributed by atoms with Gasteiger partial charge in [0, 0.05) is 18.5 Å². The summed E-state index contributed by atoms with van der Waals surface area (Å²) in [5, 5.41) is 0. The van der Waals surface area contributed by atoms with Gasteiger partial charge in [0.15, 0.2) is 0 Å². The van der Waals surface area contributed by atoms with Crippen molar-refractivity contribution in [3.8, 4) is 11.8 Å². The molecule has 0 aliphatic carbocycles. The van der Waals surface area contributed by atoms with E-state index in [1.807, 2.05) is 13.8 Å². The highest BCUT2D eigenvalue weighted by atomic mass is 16.5. The second-order valence-electron chi connectivity index (χ2n) is 4.85. The van der Waals surface area contributed by atoms with E-state index < -0.39 is 0 Å².